The maximum atomic E-state index is 6.26. The molecule has 0 bridgehead atoms. The third-order valence-corrected chi connectivity index (χ3v) is 4.69. The molecule has 3 unspecified atom stereocenters. The molecule has 1 aromatic rings. The maximum absolute atomic E-state index is 6.26. The lowest BCUT2D eigenvalue weighted by Gasteiger charge is -2.29. The highest BCUT2D eigenvalue weighted by molar-refractivity contribution is 4.95. The van der Waals surface area contributed by atoms with Crippen LogP contribution in [0.3, 0.4) is 0 Å². The monoisotopic (exact) mass is 278 g/mol. The molecule has 1 saturated carbocycles. The van der Waals surface area contributed by atoms with Gasteiger partial charge in [-0.05, 0) is 30.6 Å². The molecule has 0 amide bonds. The van der Waals surface area contributed by atoms with E-state index in [9.17, 15) is 0 Å². The fourth-order valence-corrected chi connectivity index (χ4v) is 3.73. The van der Waals surface area contributed by atoms with Crippen LogP contribution in [0, 0.1) is 17.8 Å². The second kappa shape index (κ2) is 5.82. The summed E-state index contributed by atoms with van der Waals surface area (Å²) in [4.78, 5) is 6.94. The van der Waals surface area contributed by atoms with Gasteiger partial charge in [0.2, 0.25) is 5.89 Å². The molecule has 0 radical (unpaired) electrons. The van der Waals surface area contributed by atoms with Crippen LogP contribution in [0.1, 0.15) is 44.8 Å². The Morgan fingerprint density at radius 3 is 2.95 bits per heavy atom. The first-order chi connectivity index (χ1) is 9.61. The quantitative estimate of drug-likeness (QED) is 0.910. The van der Waals surface area contributed by atoms with Crippen LogP contribution >= 0.6 is 0 Å². The number of nitrogens with zero attached hydrogens (tertiary/aromatic N) is 3. The van der Waals surface area contributed by atoms with E-state index in [1.807, 2.05) is 0 Å². The minimum Gasteiger partial charge on any atom is -0.338 e. The van der Waals surface area contributed by atoms with Gasteiger partial charge in [0, 0.05) is 25.6 Å². The smallest absolute Gasteiger partial charge is 0.240 e. The zero-order valence-corrected chi connectivity index (χ0v) is 12.6. The molecular weight excluding hydrogens is 252 g/mol. The molecule has 3 rings (SSSR count). The molecule has 2 aliphatic rings. The van der Waals surface area contributed by atoms with Gasteiger partial charge in [-0.3, -0.25) is 4.90 Å². The van der Waals surface area contributed by atoms with E-state index in [4.69, 9.17) is 10.3 Å². The molecule has 2 fully saturated rings. The largest absolute Gasteiger partial charge is 0.338 e. The van der Waals surface area contributed by atoms with Crippen LogP contribution in [-0.2, 0) is 13.0 Å². The van der Waals surface area contributed by atoms with Crippen molar-refractivity contribution in [2.45, 2.75) is 52.1 Å². The summed E-state index contributed by atoms with van der Waals surface area (Å²) in [5, 5.41) is 4.07. The van der Waals surface area contributed by atoms with Crippen molar-refractivity contribution in [1.29, 1.82) is 0 Å². The van der Waals surface area contributed by atoms with Gasteiger partial charge in [-0.1, -0.05) is 25.4 Å². The lowest BCUT2D eigenvalue weighted by atomic mass is 9.78. The van der Waals surface area contributed by atoms with Crippen LogP contribution < -0.4 is 5.73 Å². The molecule has 1 aliphatic heterocycles. The topological polar surface area (TPSA) is 68.2 Å². The maximum Gasteiger partial charge on any atom is 0.240 e. The van der Waals surface area contributed by atoms with E-state index in [0.29, 0.717) is 17.9 Å². The van der Waals surface area contributed by atoms with Crippen LogP contribution in [0.15, 0.2) is 4.52 Å². The summed E-state index contributed by atoms with van der Waals surface area (Å²) >= 11 is 0. The number of rotatable bonds is 4. The Labute approximate surface area is 120 Å². The van der Waals surface area contributed by atoms with Gasteiger partial charge in [0.15, 0.2) is 5.82 Å². The minimum absolute atomic E-state index is 0.387. The highest BCUT2D eigenvalue weighted by Gasteiger charge is 2.38. The Hall–Kier alpha value is -0.940. The number of likely N-dealkylation sites (tertiary alicyclic amines) is 1. The Morgan fingerprint density at radius 2 is 2.20 bits per heavy atom. The number of hydrogen-bond donors (Lipinski definition) is 1. The van der Waals surface area contributed by atoms with Crippen molar-refractivity contribution in [2.24, 2.45) is 23.5 Å². The molecule has 1 saturated heterocycles. The predicted molar refractivity (Wildman–Crippen MR) is 76.9 cm³/mol. The molecule has 5 nitrogen and oxygen atoms in total. The van der Waals surface area contributed by atoms with Crippen molar-refractivity contribution >= 4 is 0 Å². The molecule has 1 aromatic heterocycles. The van der Waals surface area contributed by atoms with Gasteiger partial charge >= 0.3 is 0 Å². The van der Waals surface area contributed by atoms with E-state index >= 15 is 0 Å². The molecule has 2 heterocycles. The van der Waals surface area contributed by atoms with E-state index in [1.165, 1.54) is 19.3 Å². The molecular formula is C15H26N4O. The second-order valence-electron chi connectivity index (χ2n) is 6.92. The Kier molecular flexibility index (Phi) is 4.08. The Bertz CT molecular complexity index is 445. The van der Waals surface area contributed by atoms with Gasteiger partial charge in [0.05, 0.1) is 6.54 Å². The van der Waals surface area contributed by atoms with Crippen molar-refractivity contribution in [3.8, 4) is 0 Å². The second-order valence-corrected chi connectivity index (χ2v) is 6.92. The number of aromatic nitrogens is 2. The molecule has 0 aromatic carbocycles. The van der Waals surface area contributed by atoms with Crippen LogP contribution in [0.4, 0.5) is 0 Å². The minimum atomic E-state index is 0.387. The van der Waals surface area contributed by atoms with Crippen LogP contribution in [-0.4, -0.2) is 34.2 Å². The van der Waals surface area contributed by atoms with Gasteiger partial charge in [-0.25, -0.2) is 0 Å². The van der Waals surface area contributed by atoms with Gasteiger partial charge in [0.25, 0.3) is 0 Å². The van der Waals surface area contributed by atoms with Gasteiger partial charge in [0.1, 0.15) is 0 Å². The molecule has 2 N–H and O–H groups in total. The van der Waals surface area contributed by atoms with Crippen molar-refractivity contribution < 1.29 is 4.52 Å². The fraction of sp³-hybridized carbons (Fsp3) is 0.867. The third kappa shape index (κ3) is 3.04. The predicted octanol–water partition coefficient (Wildman–Crippen LogP) is 1.83. The lowest BCUT2D eigenvalue weighted by molar-refractivity contribution is 0.252. The molecule has 20 heavy (non-hydrogen) atoms. The Balaban J connectivity index is 1.57. The van der Waals surface area contributed by atoms with Crippen molar-refractivity contribution in [3.05, 3.63) is 11.7 Å². The normalized spacial score (nSPS) is 30.9. The molecule has 112 valence electrons. The summed E-state index contributed by atoms with van der Waals surface area (Å²) in [6.07, 6.45) is 4.69. The van der Waals surface area contributed by atoms with Crippen LogP contribution in [0.5, 0.6) is 0 Å². The molecule has 0 spiro atoms. The first kappa shape index (κ1) is 14.0. The summed E-state index contributed by atoms with van der Waals surface area (Å²) in [5.74, 6) is 3.60. The highest BCUT2D eigenvalue weighted by atomic mass is 16.5. The highest BCUT2D eigenvalue weighted by Crippen LogP contribution is 2.35. The van der Waals surface area contributed by atoms with Gasteiger partial charge in [-0.15, -0.1) is 0 Å². The Morgan fingerprint density at radius 1 is 1.35 bits per heavy atom. The van der Waals surface area contributed by atoms with Crippen molar-refractivity contribution in [1.82, 2.24) is 15.0 Å². The molecule has 1 aliphatic carbocycles. The molecule has 5 heteroatoms. The SMILES string of the molecule is CC(C)Cc1noc(CN2CC3CCCC(N)C3C2)n1. The zero-order valence-electron chi connectivity index (χ0n) is 12.6. The average Bonchev–Trinajstić information content (AvgIpc) is 2.96. The number of nitrogens with two attached hydrogens (primary N) is 1. The van der Waals surface area contributed by atoms with E-state index in [2.05, 4.69) is 28.9 Å². The summed E-state index contributed by atoms with van der Waals surface area (Å²) in [7, 11) is 0. The number of fused-ring (bicyclic) bond motifs is 1. The van der Waals surface area contributed by atoms with Crippen LogP contribution in [0.25, 0.3) is 0 Å². The summed E-state index contributed by atoms with van der Waals surface area (Å²) in [5.41, 5.74) is 6.26. The van der Waals surface area contributed by atoms with Crippen molar-refractivity contribution in [3.63, 3.8) is 0 Å². The summed E-state index contributed by atoms with van der Waals surface area (Å²) in [6.45, 7) is 7.35. The van der Waals surface area contributed by atoms with Crippen LogP contribution in [0.2, 0.25) is 0 Å². The fourth-order valence-electron chi connectivity index (χ4n) is 3.73. The van der Waals surface area contributed by atoms with Gasteiger partial charge in [-0.2, -0.15) is 4.98 Å². The van der Waals surface area contributed by atoms with Gasteiger partial charge < -0.3 is 10.3 Å². The van der Waals surface area contributed by atoms with E-state index in [-0.39, 0.29) is 0 Å². The van der Waals surface area contributed by atoms with E-state index in [0.717, 1.165) is 43.7 Å². The summed E-state index contributed by atoms with van der Waals surface area (Å²) < 4.78 is 5.37. The van der Waals surface area contributed by atoms with E-state index in [1.54, 1.807) is 0 Å². The molecule has 3 atom stereocenters. The first-order valence-corrected chi connectivity index (χ1v) is 7.91. The first-order valence-electron chi connectivity index (χ1n) is 7.91. The average molecular weight is 278 g/mol. The number of hydrogen-bond acceptors (Lipinski definition) is 5. The van der Waals surface area contributed by atoms with E-state index < -0.39 is 0 Å². The summed E-state index contributed by atoms with van der Waals surface area (Å²) in [6, 6.07) is 0.387. The van der Waals surface area contributed by atoms with Crippen molar-refractivity contribution in [2.75, 3.05) is 13.1 Å². The lowest BCUT2D eigenvalue weighted by Crippen LogP contribution is -2.38. The third-order valence-electron chi connectivity index (χ3n) is 4.69. The standard InChI is InChI=1S/C15H26N4O/c1-10(2)6-14-17-15(20-18-14)9-19-7-11-4-3-5-13(16)12(11)8-19/h10-13H,3-9,16H2,1-2H3. The zero-order chi connectivity index (χ0) is 14.1.